The summed E-state index contributed by atoms with van der Waals surface area (Å²) in [6, 6.07) is -0.404. The number of nitrogens with zero attached hydrogens (tertiary/aromatic N) is 1. The molecule has 1 unspecified atom stereocenters. The van der Waals surface area contributed by atoms with Crippen molar-refractivity contribution in [1.29, 1.82) is 0 Å². The highest BCUT2D eigenvalue weighted by atomic mass is 16.5. The van der Waals surface area contributed by atoms with Crippen LogP contribution in [0.15, 0.2) is 4.99 Å². The van der Waals surface area contributed by atoms with Crippen molar-refractivity contribution in [2.24, 2.45) is 10.8 Å². The number of ether oxygens (including phenoxy) is 1. The maximum atomic E-state index is 11.6. The summed E-state index contributed by atoms with van der Waals surface area (Å²) in [6.45, 7) is 5.38. The molecule has 0 spiro atoms. The molecule has 0 bridgehead atoms. The minimum absolute atomic E-state index is 0.124. The molecule has 0 heterocycles. The number of carbonyl (C=O) groups is 1. The van der Waals surface area contributed by atoms with Gasteiger partial charge in [-0.05, 0) is 13.3 Å². The van der Waals surface area contributed by atoms with E-state index in [0.717, 1.165) is 6.42 Å². The molecular formula is C10H23N5O2. The Kier molecular flexibility index (Phi) is 9.08. The molecule has 7 heteroatoms. The number of guanidine groups is 1. The molecule has 0 aromatic rings. The van der Waals surface area contributed by atoms with Crippen LogP contribution in [0.4, 0.5) is 0 Å². The lowest BCUT2D eigenvalue weighted by Gasteiger charge is -2.16. The second-order valence-corrected chi connectivity index (χ2v) is 3.52. The SMILES string of the molecule is CCCN=C(NN)NC(C)C(=O)NCCOC. The maximum absolute atomic E-state index is 11.6. The Morgan fingerprint density at radius 2 is 2.24 bits per heavy atom. The second kappa shape index (κ2) is 9.86. The Hall–Kier alpha value is -1.34. The Balaban J connectivity index is 4.03. The van der Waals surface area contributed by atoms with E-state index >= 15 is 0 Å². The molecule has 0 aliphatic heterocycles. The van der Waals surface area contributed by atoms with Crippen molar-refractivity contribution in [3.63, 3.8) is 0 Å². The topological polar surface area (TPSA) is 101 Å². The van der Waals surface area contributed by atoms with Gasteiger partial charge in [0.2, 0.25) is 11.9 Å². The Labute approximate surface area is 102 Å². The molecular weight excluding hydrogens is 222 g/mol. The molecule has 0 aromatic carbocycles. The minimum Gasteiger partial charge on any atom is -0.383 e. The van der Waals surface area contributed by atoms with Crippen LogP contribution in [-0.2, 0) is 9.53 Å². The summed E-state index contributed by atoms with van der Waals surface area (Å²) in [5.74, 6) is 5.58. The zero-order valence-electron chi connectivity index (χ0n) is 10.7. The first-order chi connectivity index (χ1) is 8.15. The molecule has 100 valence electrons. The Morgan fingerprint density at radius 3 is 2.76 bits per heavy atom. The number of rotatable bonds is 7. The summed E-state index contributed by atoms with van der Waals surface area (Å²) in [4.78, 5) is 15.7. The highest BCUT2D eigenvalue weighted by molar-refractivity contribution is 5.88. The number of nitrogens with two attached hydrogens (primary N) is 1. The van der Waals surface area contributed by atoms with Crippen molar-refractivity contribution >= 4 is 11.9 Å². The molecule has 0 radical (unpaired) electrons. The summed E-state index contributed by atoms with van der Waals surface area (Å²) in [6.07, 6.45) is 0.918. The van der Waals surface area contributed by atoms with Crippen molar-refractivity contribution in [3.8, 4) is 0 Å². The standard InChI is InChI=1S/C10H23N5O2/c1-4-5-13-10(15-11)14-8(2)9(16)12-6-7-17-3/h8H,4-7,11H2,1-3H3,(H,12,16)(H2,13,14,15). The first-order valence-electron chi connectivity index (χ1n) is 5.69. The van der Waals surface area contributed by atoms with Gasteiger partial charge in [0, 0.05) is 20.2 Å². The largest absolute Gasteiger partial charge is 0.383 e. The molecule has 0 fully saturated rings. The van der Waals surface area contributed by atoms with Crippen LogP contribution in [0.5, 0.6) is 0 Å². The van der Waals surface area contributed by atoms with E-state index in [1.54, 1.807) is 14.0 Å². The average Bonchev–Trinajstić information content (AvgIpc) is 2.34. The number of aliphatic imine (C=N–C) groups is 1. The molecule has 1 atom stereocenters. The normalized spacial score (nSPS) is 13.1. The number of hydrogen-bond donors (Lipinski definition) is 4. The summed E-state index contributed by atoms with van der Waals surface area (Å²) in [5, 5.41) is 5.61. The fraction of sp³-hybridized carbons (Fsp3) is 0.800. The molecule has 0 aliphatic carbocycles. The van der Waals surface area contributed by atoms with Crippen molar-refractivity contribution in [2.75, 3.05) is 26.8 Å². The van der Waals surface area contributed by atoms with Gasteiger partial charge in [0.05, 0.1) is 6.61 Å². The van der Waals surface area contributed by atoms with Crippen molar-refractivity contribution < 1.29 is 9.53 Å². The smallest absolute Gasteiger partial charge is 0.242 e. The van der Waals surface area contributed by atoms with E-state index in [0.29, 0.717) is 25.7 Å². The van der Waals surface area contributed by atoms with E-state index in [9.17, 15) is 4.79 Å². The third-order valence-electron chi connectivity index (χ3n) is 1.98. The molecule has 0 saturated heterocycles. The highest BCUT2D eigenvalue weighted by Gasteiger charge is 2.12. The maximum Gasteiger partial charge on any atom is 0.242 e. The van der Waals surface area contributed by atoms with Gasteiger partial charge in [-0.1, -0.05) is 6.92 Å². The van der Waals surface area contributed by atoms with Crippen LogP contribution in [0, 0.1) is 0 Å². The van der Waals surface area contributed by atoms with E-state index in [4.69, 9.17) is 10.6 Å². The molecule has 5 N–H and O–H groups in total. The summed E-state index contributed by atoms with van der Waals surface area (Å²) in [7, 11) is 1.59. The average molecular weight is 245 g/mol. The third-order valence-corrected chi connectivity index (χ3v) is 1.98. The van der Waals surface area contributed by atoms with Gasteiger partial charge in [-0.15, -0.1) is 0 Å². The summed E-state index contributed by atoms with van der Waals surface area (Å²) in [5.41, 5.74) is 2.42. The van der Waals surface area contributed by atoms with Gasteiger partial charge in [-0.2, -0.15) is 0 Å². The van der Waals surface area contributed by atoms with Gasteiger partial charge < -0.3 is 15.4 Å². The highest BCUT2D eigenvalue weighted by Crippen LogP contribution is 1.84. The lowest BCUT2D eigenvalue weighted by atomic mass is 10.3. The van der Waals surface area contributed by atoms with Gasteiger partial charge in [0.15, 0.2) is 0 Å². The zero-order chi connectivity index (χ0) is 13.1. The van der Waals surface area contributed by atoms with E-state index in [2.05, 4.69) is 21.1 Å². The van der Waals surface area contributed by atoms with Gasteiger partial charge in [-0.3, -0.25) is 15.2 Å². The van der Waals surface area contributed by atoms with E-state index in [-0.39, 0.29) is 5.91 Å². The van der Waals surface area contributed by atoms with Crippen LogP contribution >= 0.6 is 0 Å². The molecule has 0 rings (SSSR count). The Morgan fingerprint density at radius 1 is 1.53 bits per heavy atom. The number of methoxy groups -OCH3 is 1. The Bertz CT molecular complexity index is 245. The van der Waals surface area contributed by atoms with E-state index in [1.807, 2.05) is 6.92 Å². The fourth-order valence-electron chi connectivity index (χ4n) is 1.06. The van der Waals surface area contributed by atoms with Crippen LogP contribution in [0.2, 0.25) is 0 Å². The molecule has 0 saturated carbocycles. The van der Waals surface area contributed by atoms with Crippen molar-refractivity contribution in [2.45, 2.75) is 26.3 Å². The number of hydrogen-bond acceptors (Lipinski definition) is 4. The van der Waals surface area contributed by atoms with Gasteiger partial charge >= 0.3 is 0 Å². The molecule has 0 aromatic heterocycles. The van der Waals surface area contributed by atoms with Gasteiger partial charge in [-0.25, -0.2) is 5.84 Å². The van der Waals surface area contributed by atoms with Crippen LogP contribution in [0.25, 0.3) is 0 Å². The van der Waals surface area contributed by atoms with Gasteiger partial charge in [0.1, 0.15) is 6.04 Å². The lowest BCUT2D eigenvalue weighted by molar-refractivity contribution is -0.122. The second-order valence-electron chi connectivity index (χ2n) is 3.52. The number of carbonyl (C=O) groups excluding carboxylic acids is 1. The van der Waals surface area contributed by atoms with Crippen LogP contribution in [0.1, 0.15) is 20.3 Å². The number of amides is 1. The lowest BCUT2D eigenvalue weighted by Crippen LogP contribution is -2.51. The quantitative estimate of drug-likeness (QED) is 0.151. The summed E-state index contributed by atoms with van der Waals surface area (Å²) >= 11 is 0. The van der Waals surface area contributed by atoms with Gasteiger partial charge in [0.25, 0.3) is 0 Å². The van der Waals surface area contributed by atoms with E-state index < -0.39 is 6.04 Å². The summed E-state index contributed by atoms with van der Waals surface area (Å²) < 4.78 is 4.84. The van der Waals surface area contributed by atoms with Crippen LogP contribution < -0.4 is 21.9 Å². The fourth-order valence-corrected chi connectivity index (χ4v) is 1.06. The predicted octanol–water partition coefficient (Wildman–Crippen LogP) is -1.04. The number of hydrazine groups is 1. The van der Waals surface area contributed by atoms with Crippen molar-refractivity contribution in [1.82, 2.24) is 16.1 Å². The van der Waals surface area contributed by atoms with Crippen LogP contribution in [-0.4, -0.2) is 44.7 Å². The van der Waals surface area contributed by atoms with E-state index in [1.165, 1.54) is 0 Å². The molecule has 1 amide bonds. The first-order valence-corrected chi connectivity index (χ1v) is 5.69. The first kappa shape index (κ1) is 15.7. The minimum atomic E-state index is -0.404. The molecule has 17 heavy (non-hydrogen) atoms. The monoisotopic (exact) mass is 245 g/mol. The third kappa shape index (κ3) is 7.53. The molecule has 0 aliphatic rings. The number of nitrogens with one attached hydrogen (secondary N) is 3. The molecule has 7 nitrogen and oxygen atoms in total. The predicted molar refractivity (Wildman–Crippen MR) is 67.4 cm³/mol. The van der Waals surface area contributed by atoms with Crippen LogP contribution in [0.3, 0.4) is 0 Å². The zero-order valence-corrected chi connectivity index (χ0v) is 10.7. The van der Waals surface area contributed by atoms with Crippen molar-refractivity contribution in [3.05, 3.63) is 0 Å².